The van der Waals surface area contributed by atoms with Crippen LogP contribution in [0.3, 0.4) is 0 Å². The third-order valence-electron chi connectivity index (χ3n) is 1.72. The van der Waals surface area contributed by atoms with Crippen LogP contribution < -0.4 is 6.15 Å². The Balaban J connectivity index is 0. The highest BCUT2D eigenvalue weighted by molar-refractivity contribution is 6.19. The third kappa shape index (κ3) is 8.11. The van der Waals surface area contributed by atoms with E-state index in [-0.39, 0.29) is 11.7 Å². The zero-order valence-corrected chi connectivity index (χ0v) is 8.53. The quantitative estimate of drug-likeness (QED) is 0.663. The van der Waals surface area contributed by atoms with Gasteiger partial charge in [-0.15, -0.1) is 0 Å². The smallest absolute Gasteiger partial charge is 0.128 e. The van der Waals surface area contributed by atoms with Gasteiger partial charge in [0.25, 0.3) is 0 Å². The van der Waals surface area contributed by atoms with E-state index in [2.05, 4.69) is 13.8 Å². The minimum absolute atomic E-state index is 0. The molecular weight excluding hydrogens is 162 g/mol. The van der Waals surface area contributed by atoms with Crippen molar-refractivity contribution in [2.75, 3.05) is 6.61 Å². The molecule has 0 saturated carbocycles. The van der Waals surface area contributed by atoms with Crippen molar-refractivity contribution in [1.82, 2.24) is 6.15 Å². The second kappa shape index (κ2) is 8.31. The van der Waals surface area contributed by atoms with E-state index in [1.54, 1.807) is 0 Å². The minimum Gasteiger partial charge on any atom is -0.363 e. The van der Waals surface area contributed by atoms with Gasteiger partial charge in [0.15, 0.2) is 0 Å². The zero-order valence-electron chi connectivity index (χ0n) is 7.77. The topological polar surface area (TPSA) is 44.2 Å². The van der Waals surface area contributed by atoms with Crippen LogP contribution in [0.4, 0.5) is 0 Å². The molecule has 70 valence electrons. The highest BCUT2D eigenvalue weighted by Gasteiger charge is 2.04. The fourth-order valence-corrected chi connectivity index (χ4v) is 0.866. The molecule has 0 heterocycles. The van der Waals surface area contributed by atoms with Crippen molar-refractivity contribution in [3.05, 3.63) is 0 Å². The lowest BCUT2D eigenvalue weighted by Gasteiger charge is -2.13. The average molecular weight is 182 g/mol. The number of ether oxygens (including phenoxy) is 1. The molecule has 1 unspecified atom stereocenters. The van der Waals surface area contributed by atoms with E-state index in [0.717, 1.165) is 6.61 Å². The summed E-state index contributed by atoms with van der Waals surface area (Å²) < 4.78 is 5.25. The summed E-state index contributed by atoms with van der Waals surface area (Å²) in [6.45, 7) is 7.01. The van der Waals surface area contributed by atoms with Gasteiger partial charge in [0.1, 0.15) is 5.56 Å². The number of rotatable bonds is 5. The lowest BCUT2D eigenvalue weighted by Crippen LogP contribution is -2.10. The molecule has 0 bridgehead atoms. The Kier molecular flexibility index (Phi) is 10.4. The summed E-state index contributed by atoms with van der Waals surface area (Å²) in [5, 5.41) is 0. The Labute approximate surface area is 74.8 Å². The molecule has 0 rings (SSSR count). The van der Waals surface area contributed by atoms with E-state index in [1.807, 2.05) is 6.92 Å². The fourth-order valence-electron chi connectivity index (χ4n) is 0.793. The highest BCUT2D eigenvalue weighted by atomic mass is 35.5. The summed E-state index contributed by atoms with van der Waals surface area (Å²) >= 11 is 5.61. The predicted octanol–water partition coefficient (Wildman–Crippen LogP) is 3.19. The van der Waals surface area contributed by atoms with Crippen molar-refractivity contribution in [2.45, 2.75) is 39.2 Å². The van der Waals surface area contributed by atoms with Crippen LogP contribution in [0.25, 0.3) is 0 Å². The summed E-state index contributed by atoms with van der Waals surface area (Å²) in [6.07, 6.45) is 2.36. The Hall–Kier alpha value is 0.210. The van der Waals surface area contributed by atoms with Gasteiger partial charge in [-0.25, -0.2) is 0 Å². The van der Waals surface area contributed by atoms with E-state index in [9.17, 15) is 0 Å². The Morgan fingerprint density at radius 3 is 2.00 bits per heavy atom. The summed E-state index contributed by atoms with van der Waals surface area (Å²) in [4.78, 5) is 0. The number of hydrogen-bond acceptors (Lipinski definition) is 2. The first-order chi connectivity index (χ1) is 4.70. The first-order valence-corrected chi connectivity index (χ1v) is 4.40. The SMILES string of the molecule is CCC(CC)COC(C)Cl.N. The molecule has 0 radical (unpaired) electrons. The van der Waals surface area contributed by atoms with Crippen LogP contribution >= 0.6 is 11.6 Å². The molecule has 0 saturated heterocycles. The molecule has 11 heavy (non-hydrogen) atoms. The fraction of sp³-hybridized carbons (Fsp3) is 1.00. The van der Waals surface area contributed by atoms with E-state index < -0.39 is 0 Å². The van der Waals surface area contributed by atoms with E-state index in [0.29, 0.717) is 5.92 Å². The summed E-state index contributed by atoms with van der Waals surface area (Å²) in [6, 6.07) is 0. The van der Waals surface area contributed by atoms with E-state index in [1.165, 1.54) is 12.8 Å². The van der Waals surface area contributed by atoms with Crippen molar-refractivity contribution in [2.24, 2.45) is 5.92 Å². The van der Waals surface area contributed by atoms with Gasteiger partial charge in [0.05, 0.1) is 6.61 Å². The van der Waals surface area contributed by atoms with Gasteiger partial charge >= 0.3 is 0 Å². The molecule has 3 heteroatoms. The largest absolute Gasteiger partial charge is 0.363 e. The molecule has 0 aromatic carbocycles. The van der Waals surface area contributed by atoms with Crippen LogP contribution in [-0.4, -0.2) is 12.2 Å². The van der Waals surface area contributed by atoms with E-state index in [4.69, 9.17) is 16.3 Å². The maximum atomic E-state index is 5.61. The second-order valence-electron chi connectivity index (χ2n) is 2.56. The molecular formula is C8H20ClNO. The Morgan fingerprint density at radius 2 is 1.73 bits per heavy atom. The molecule has 3 N–H and O–H groups in total. The highest BCUT2D eigenvalue weighted by Crippen LogP contribution is 2.09. The lowest BCUT2D eigenvalue weighted by atomic mass is 10.1. The molecule has 0 spiro atoms. The van der Waals surface area contributed by atoms with Crippen LogP contribution in [-0.2, 0) is 4.74 Å². The van der Waals surface area contributed by atoms with Crippen molar-refractivity contribution in [3.8, 4) is 0 Å². The number of hydrogen-bond donors (Lipinski definition) is 1. The van der Waals surface area contributed by atoms with Gasteiger partial charge in [0.2, 0.25) is 0 Å². The predicted molar refractivity (Wildman–Crippen MR) is 50.4 cm³/mol. The second-order valence-corrected chi connectivity index (χ2v) is 3.17. The van der Waals surface area contributed by atoms with Crippen LogP contribution in [0.2, 0.25) is 0 Å². The first kappa shape index (κ1) is 13.8. The van der Waals surface area contributed by atoms with Gasteiger partial charge in [-0.1, -0.05) is 38.3 Å². The monoisotopic (exact) mass is 181 g/mol. The van der Waals surface area contributed by atoms with Crippen molar-refractivity contribution in [3.63, 3.8) is 0 Å². The Bertz CT molecular complexity index is 74.5. The third-order valence-corrected chi connectivity index (χ3v) is 1.84. The molecule has 0 aliphatic rings. The maximum absolute atomic E-state index is 5.61. The van der Waals surface area contributed by atoms with Gasteiger partial charge in [0, 0.05) is 0 Å². The minimum atomic E-state index is -0.138. The average Bonchev–Trinajstić information content (AvgIpc) is 1.90. The molecule has 0 aromatic rings. The maximum Gasteiger partial charge on any atom is 0.128 e. The standard InChI is InChI=1S/C8H17ClO.H3N/c1-4-8(5-2)6-10-7(3)9;/h7-8H,4-6H2,1-3H3;1H3. The lowest BCUT2D eigenvalue weighted by molar-refractivity contribution is 0.0833. The molecule has 0 aromatic heterocycles. The van der Waals surface area contributed by atoms with Crippen LogP contribution in [0, 0.1) is 5.92 Å². The van der Waals surface area contributed by atoms with Crippen molar-refractivity contribution in [1.29, 1.82) is 0 Å². The van der Waals surface area contributed by atoms with E-state index >= 15 is 0 Å². The van der Waals surface area contributed by atoms with Gasteiger partial charge in [-0.3, -0.25) is 0 Å². The molecule has 2 nitrogen and oxygen atoms in total. The Morgan fingerprint density at radius 1 is 1.27 bits per heavy atom. The summed E-state index contributed by atoms with van der Waals surface area (Å²) in [7, 11) is 0. The molecule has 0 amide bonds. The normalized spacial score (nSPS) is 12.8. The van der Waals surface area contributed by atoms with Gasteiger partial charge < -0.3 is 10.9 Å². The zero-order chi connectivity index (χ0) is 7.98. The van der Waals surface area contributed by atoms with Gasteiger partial charge in [-0.2, -0.15) is 0 Å². The number of alkyl halides is 1. The molecule has 0 aliphatic carbocycles. The molecule has 1 atom stereocenters. The van der Waals surface area contributed by atoms with Gasteiger partial charge in [-0.05, 0) is 12.8 Å². The summed E-state index contributed by atoms with van der Waals surface area (Å²) in [5.41, 5.74) is -0.138. The molecule has 0 aliphatic heterocycles. The van der Waals surface area contributed by atoms with Crippen LogP contribution in [0.5, 0.6) is 0 Å². The van der Waals surface area contributed by atoms with Crippen molar-refractivity contribution >= 4 is 11.6 Å². The van der Waals surface area contributed by atoms with Crippen LogP contribution in [0.15, 0.2) is 0 Å². The first-order valence-electron chi connectivity index (χ1n) is 3.96. The number of halogens is 1. The van der Waals surface area contributed by atoms with Crippen molar-refractivity contribution < 1.29 is 4.74 Å². The molecule has 0 fully saturated rings. The summed E-state index contributed by atoms with van der Waals surface area (Å²) in [5.74, 6) is 0.682. The van der Waals surface area contributed by atoms with Crippen LogP contribution in [0.1, 0.15) is 33.6 Å².